The van der Waals surface area contributed by atoms with E-state index in [0.29, 0.717) is 12.3 Å². The van der Waals surface area contributed by atoms with E-state index in [4.69, 9.17) is 4.74 Å². The molecule has 4 nitrogen and oxygen atoms in total. The number of amides is 1. The molecule has 1 aliphatic rings. The molecule has 5 heteroatoms. The molecule has 28 heavy (non-hydrogen) atoms. The number of ether oxygens (including phenoxy) is 1. The van der Waals surface area contributed by atoms with Crippen LogP contribution >= 0.6 is 11.8 Å². The van der Waals surface area contributed by atoms with Gasteiger partial charge in [-0.2, -0.15) is 0 Å². The van der Waals surface area contributed by atoms with Crippen molar-refractivity contribution in [2.24, 2.45) is 0 Å². The van der Waals surface area contributed by atoms with Gasteiger partial charge in [-0.3, -0.25) is 9.69 Å². The Morgan fingerprint density at radius 2 is 1.96 bits per heavy atom. The second kappa shape index (κ2) is 10.5. The highest BCUT2D eigenvalue weighted by Gasteiger charge is 2.26. The highest BCUT2D eigenvalue weighted by atomic mass is 32.2. The van der Waals surface area contributed by atoms with E-state index in [9.17, 15) is 4.79 Å². The summed E-state index contributed by atoms with van der Waals surface area (Å²) in [6.07, 6.45) is 2.43. The molecule has 1 saturated heterocycles. The largest absolute Gasteiger partial charge is 0.496 e. The van der Waals surface area contributed by atoms with Gasteiger partial charge in [0.25, 0.3) is 0 Å². The maximum atomic E-state index is 12.4. The molecule has 1 heterocycles. The van der Waals surface area contributed by atoms with Crippen LogP contribution in [0.1, 0.15) is 35.6 Å². The Kier molecular flexibility index (Phi) is 7.80. The number of benzene rings is 2. The van der Waals surface area contributed by atoms with Gasteiger partial charge in [0.1, 0.15) is 5.75 Å². The lowest BCUT2D eigenvalue weighted by atomic mass is 10.0. The molecule has 0 radical (unpaired) electrons. The van der Waals surface area contributed by atoms with E-state index in [1.807, 2.05) is 18.2 Å². The minimum atomic E-state index is 0.0942. The quantitative estimate of drug-likeness (QED) is 0.688. The molecule has 2 aromatic carbocycles. The zero-order valence-electron chi connectivity index (χ0n) is 16.8. The average molecular weight is 399 g/mol. The number of aryl methyl sites for hydroxylation is 1. The lowest BCUT2D eigenvalue weighted by molar-refractivity contribution is -0.118. The van der Waals surface area contributed by atoms with Crippen molar-refractivity contribution >= 4 is 17.7 Å². The molecule has 0 bridgehead atoms. The summed E-state index contributed by atoms with van der Waals surface area (Å²) >= 11 is 1.66. The Morgan fingerprint density at radius 1 is 1.18 bits per heavy atom. The van der Waals surface area contributed by atoms with Crippen LogP contribution in [0, 0.1) is 6.92 Å². The van der Waals surface area contributed by atoms with Crippen LogP contribution in [0.25, 0.3) is 0 Å². The van der Waals surface area contributed by atoms with Gasteiger partial charge >= 0.3 is 0 Å². The third-order valence-electron chi connectivity index (χ3n) is 5.16. The number of hydrogen-bond donors (Lipinski definition) is 1. The minimum Gasteiger partial charge on any atom is -0.496 e. The van der Waals surface area contributed by atoms with Crippen molar-refractivity contribution in [1.29, 1.82) is 0 Å². The summed E-state index contributed by atoms with van der Waals surface area (Å²) in [5.41, 5.74) is 3.68. The average Bonchev–Trinajstić information content (AvgIpc) is 3.23. The topological polar surface area (TPSA) is 41.6 Å². The van der Waals surface area contributed by atoms with Gasteiger partial charge in [-0.1, -0.05) is 48.0 Å². The number of likely N-dealkylation sites (tertiary alicyclic amines) is 1. The number of hydrogen-bond acceptors (Lipinski definition) is 4. The Hall–Kier alpha value is -1.98. The zero-order chi connectivity index (χ0) is 19.8. The molecular weight excluding hydrogens is 368 g/mol. The van der Waals surface area contributed by atoms with E-state index in [1.165, 1.54) is 24.0 Å². The van der Waals surface area contributed by atoms with Crippen molar-refractivity contribution in [2.75, 3.05) is 32.5 Å². The molecule has 0 aromatic heterocycles. The van der Waals surface area contributed by atoms with Crippen LogP contribution in [0.3, 0.4) is 0 Å². The fourth-order valence-corrected chi connectivity index (χ4v) is 4.56. The molecular formula is C23H30N2O2S. The molecule has 1 atom stereocenters. The summed E-state index contributed by atoms with van der Waals surface area (Å²) in [5.74, 6) is 2.32. The lowest BCUT2D eigenvalue weighted by Crippen LogP contribution is -2.37. The van der Waals surface area contributed by atoms with Gasteiger partial charge in [0.05, 0.1) is 18.9 Å². The first-order valence-electron chi connectivity index (χ1n) is 9.94. The third-order valence-corrected chi connectivity index (χ3v) is 6.16. The Bertz CT molecular complexity index is 775. The number of carbonyl (C=O) groups excluding carboxylic acids is 1. The summed E-state index contributed by atoms with van der Waals surface area (Å²) < 4.78 is 5.57. The van der Waals surface area contributed by atoms with Gasteiger partial charge < -0.3 is 10.1 Å². The van der Waals surface area contributed by atoms with Gasteiger partial charge in [0, 0.05) is 17.9 Å². The van der Waals surface area contributed by atoms with E-state index in [0.717, 1.165) is 30.2 Å². The van der Waals surface area contributed by atoms with Crippen LogP contribution < -0.4 is 10.1 Å². The van der Waals surface area contributed by atoms with E-state index in [2.05, 4.69) is 47.5 Å². The summed E-state index contributed by atoms with van der Waals surface area (Å²) in [4.78, 5) is 14.9. The van der Waals surface area contributed by atoms with E-state index in [1.54, 1.807) is 18.9 Å². The van der Waals surface area contributed by atoms with Crippen molar-refractivity contribution in [1.82, 2.24) is 10.2 Å². The second-order valence-corrected chi connectivity index (χ2v) is 8.27. The van der Waals surface area contributed by atoms with Crippen molar-refractivity contribution in [2.45, 2.75) is 31.6 Å². The van der Waals surface area contributed by atoms with Crippen molar-refractivity contribution in [3.63, 3.8) is 0 Å². The van der Waals surface area contributed by atoms with Crippen LogP contribution in [0.5, 0.6) is 5.75 Å². The van der Waals surface area contributed by atoms with Crippen LogP contribution in [0.4, 0.5) is 0 Å². The van der Waals surface area contributed by atoms with Crippen LogP contribution in [-0.4, -0.2) is 43.3 Å². The standard InChI is InChI=1S/C23H30N2O2S/c1-18-8-7-9-19(14-18)16-28-17-23(26)24-15-21(25-12-5-6-13-25)20-10-3-4-11-22(20)27-2/h3-4,7-11,14,21H,5-6,12-13,15-17H2,1-2H3,(H,24,26). The van der Waals surface area contributed by atoms with E-state index < -0.39 is 0 Å². The van der Waals surface area contributed by atoms with Gasteiger partial charge in [-0.15, -0.1) is 11.8 Å². The maximum Gasteiger partial charge on any atom is 0.230 e. The number of methoxy groups -OCH3 is 1. The molecule has 0 aliphatic carbocycles. The highest BCUT2D eigenvalue weighted by molar-refractivity contribution is 7.99. The highest BCUT2D eigenvalue weighted by Crippen LogP contribution is 2.31. The maximum absolute atomic E-state index is 12.4. The van der Waals surface area contributed by atoms with Gasteiger partial charge in [0.15, 0.2) is 0 Å². The number of thioether (sulfide) groups is 1. The third kappa shape index (κ3) is 5.76. The smallest absolute Gasteiger partial charge is 0.230 e. The Balaban J connectivity index is 1.55. The lowest BCUT2D eigenvalue weighted by Gasteiger charge is -2.29. The number of nitrogens with one attached hydrogen (secondary N) is 1. The van der Waals surface area contributed by atoms with E-state index >= 15 is 0 Å². The van der Waals surface area contributed by atoms with E-state index in [-0.39, 0.29) is 11.9 Å². The predicted molar refractivity (Wildman–Crippen MR) is 117 cm³/mol. The first-order valence-corrected chi connectivity index (χ1v) is 11.1. The molecule has 0 spiro atoms. The molecule has 2 aromatic rings. The second-order valence-electron chi connectivity index (χ2n) is 7.29. The molecule has 1 N–H and O–H groups in total. The number of rotatable bonds is 9. The van der Waals surface area contributed by atoms with Crippen LogP contribution in [0.15, 0.2) is 48.5 Å². The SMILES string of the molecule is COc1ccccc1C(CNC(=O)CSCc1cccc(C)c1)N1CCCC1. The molecule has 1 unspecified atom stereocenters. The number of carbonyl (C=O) groups is 1. The van der Waals surface area contributed by atoms with Gasteiger partial charge in [0.2, 0.25) is 5.91 Å². The fraction of sp³-hybridized carbons (Fsp3) is 0.435. The minimum absolute atomic E-state index is 0.0942. The fourth-order valence-electron chi connectivity index (χ4n) is 3.76. The van der Waals surface area contributed by atoms with Gasteiger partial charge in [-0.25, -0.2) is 0 Å². The molecule has 1 aliphatic heterocycles. The van der Waals surface area contributed by atoms with Crippen LogP contribution in [-0.2, 0) is 10.5 Å². The van der Waals surface area contributed by atoms with Gasteiger partial charge in [-0.05, 0) is 44.5 Å². The van der Waals surface area contributed by atoms with Crippen molar-refractivity contribution in [3.8, 4) is 5.75 Å². The van der Waals surface area contributed by atoms with Crippen molar-refractivity contribution < 1.29 is 9.53 Å². The van der Waals surface area contributed by atoms with Crippen molar-refractivity contribution in [3.05, 3.63) is 65.2 Å². The first-order chi connectivity index (χ1) is 13.7. The monoisotopic (exact) mass is 398 g/mol. The van der Waals surface area contributed by atoms with Crippen LogP contribution in [0.2, 0.25) is 0 Å². The number of nitrogens with zero attached hydrogens (tertiary/aromatic N) is 1. The molecule has 150 valence electrons. The zero-order valence-corrected chi connectivity index (χ0v) is 17.6. The predicted octanol–water partition coefficient (Wildman–Crippen LogP) is 4.19. The summed E-state index contributed by atoms with van der Waals surface area (Å²) in [6.45, 7) is 4.85. The molecule has 3 rings (SSSR count). The Morgan fingerprint density at radius 3 is 2.71 bits per heavy atom. The molecule has 0 saturated carbocycles. The summed E-state index contributed by atoms with van der Waals surface area (Å²) in [7, 11) is 1.71. The number of para-hydroxylation sites is 1. The molecule has 1 fully saturated rings. The normalized spacial score (nSPS) is 15.4. The first kappa shape index (κ1) is 20.7. The summed E-state index contributed by atoms with van der Waals surface area (Å²) in [5, 5.41) is 3.15. The molecule has 1 amide bonds. The summed E-state index contributed by atoms with van der Waals surface area (Å²) in [6, 6.07) is 16.8. The Labute approximate surface area is 172 Å².